The van der Waals surface area contributed by atoms with Crippen LogP contribution in [0.15, 0.2) is 42.5 Å². The first-order valence-corrected chi connectivity index (χ1v) is 6.76. The summed E-state index contributed by atoms with van der Waals surface area (Å²) < 4.78 is 19.8. The van der Waals surface area contributed by atoms with E-state index in [2.05, 4.69) is 0 Å². The van der Waals surface area contributed by atoms with E-state index in [1.807, 2.05) is 37.3 Å². The molecule has 0 bridgehead atoms. The largest absolute Gasteiger partial charge is 0.486 e. The van der Waals surface area contributed by atoms with Gasteiger partial charge >= 0.3 is 0 Å². The lowest BCUT2D eigenvalue weighted by molar-refractivity contribution is -0.385. The predicted octanol–water partition coefficient (Wildman–Crippen LogP) is 4.27. The second-order valence-corrected chi connectivity index (χ2v) is 4.66. The highest BCUT2D eigenvalue weighted by atomic mass is 19.1. The summed E-state index contributed by atoms with van der Waals surface area (Å²) >= 11 is 0. The van der Waals surface area contributed by atoms with Gasteiger partial charge in [-0.3, -0.25) is 10.1 Å². The number of hydrogen-bond donors (Lipinski definition) is 0. The number of nitro benzene ring substituents is 1. The van der Waals surface area contributed by atoms with Crippen LogP contribution < -0.4 is 4.74 Å². The van der Waals surface area contributed by atoms with Gasteiger partial charge in [-0.05, 0) is 18.1 Å². The molecular formula is C16H16FNO3. The van der Waals surface area contributed by atoms with Crippen LogP contribution in [-0.2, 0) is 13.0 Å². The zero-order chi connectivity index (χ0) is 15.2. The Bertz CT molecular complexity index is 629. The summed E-state index contributed by atoms with van der Waals surface area (Å²) in [4.78, 5) is 10.4. The Balaban J connectivity index is 2.24. The highest BCUT2D eigenvalue weighted by Crippen LogP contribution is 2.30. The molecule has 0 saturated carbocycles. The van der Waals surface area contributed by atoms with Crippen molar-refractivity contribution in [2.24, 2.45) is 0 Å². The van der Waals surface area contributed by atoms with Crippen molar-refractivity contribution in [3.8, 4) is 5.75 Å². The Kier molecular flexibility index (Phi) is 4.87. The van der Waals surface area contributed by atoms with E-state index in [0.29, 0.717) is 12.8 Å². The molecule has 0 spiro atoms. The summed E-state index contributed by atoms with van der Waals surface area (Å²) in [6, 6.07) is 12.0. The fourth-order valence-corrected chi connectivity index (χ4v) is 2.10. The van der Waals surface area contributed by atoms with Gasteiger partial charge in [-0.15, -0.1) is 0 Å². The average Bonchev–Trinajstić information content (AvgIpc) is 2.49. The molecule has 0 N–H and O–H groups in total. The first kappa shape index (κ1) is 15.0. The first-order chi connectivity index (χ1) is 10.1. The fraction of sp³-hybridized carbons (Fsp3) is 0.250. The normalized spacial score (nSPS) is 10.4. The van der Waals surface area contributed by atoms with Crippen molar-refractivity contribution in [1.82, 2.24) is 0 Å². The molecule has 0 amide bonds. The maximum atomic E-state index is 14.4. The van der Waals surface area contributed by atoms with Gasteiger partial charge in [-0.1, -0.05) is 43.7 Å². The molecule has 110 valence electrons. The van der Waals surface area contributed by atoms with Gasteiger partial charge in [0.25, 0.3) is 5.69 Å². The van der Waals surface area contributed by atoms with Crippen LogP contribution in [0.4, 0.5) is 10.1 Å². The Morgan fingerprint density at radius 1 is 1.19 bits per heavy atom. The summed E-state index contributed by atoms with van der Waals surface area (Å²) in [6.45, 7) is 2.07. The standard InChI is InChI=1S/C16H16FNO3/c1-2-6-13-14(18(19)20)9-10-15(16(13)17)21-11-12-7-4-3-5-8-12/h3-5,7-10H,2,6,11H2,1H3. The lowest BCUT2D eigenvalue weighted by atomic mass is 10.1. The Morgan fingerprint density at radius 3 is 2.52 bits per heavy atom. The molecule has 5 heteroatoms. The lowest BCUT2D eigenvalue weighted by Gasteiger charge is -2.10. The van der Waals surface area contributed by atoms with E-state index in [0.717, 1.165) is 5.56 Å². The molecule has 2 rings (SSSR count). The summed E-state index contributed by atoms with van der Waals surface area (Å²) in [5, 5.41) is 10.9. The van der Waals surface area contributed by atoms with Crippen LogP contribution in [0.5, 0.6) is 5.75 Å². The van der Waals surface area contributed by atoms with Crippen LogP contribution in [0.2, 0.25) is 0 Å². The smallest absolute Gasteiger partial charge is 0.275 e. The van der Waals surface area contributed by atoms with E-state index in [9.17, 15) is 14.5 Å². The third-order valence-corrected chi connectivity index (χ3v) is 3.12. The fourth-order valence-electron chi connectivity index (χ4n) is 2.10. The molecule has 0 heterocycles. The van der Waals surface area contributed by atoms with E-state index in [-0.39, 0.29) is 23.6 Å². The predicted molar refractivity (Wildman–Crippen MR) is 77.8 cm³/mol. The molecule has 0 aliphatic heterocycles. The second-order valence-electron chi connectivity index (χ2n) is 4.66. The molecule has 2 aromatic carbocycles. The quantitative estimate of drug-likeness (QED) is 0.589. The first-order valence-electron chi connectivity index (χ1n) is 6.76. The van der Waals surface area contributed by atoms with Crippen molar-refractivity contribution >= 4 is 5.69 Å². The second kappa shape index (κ2) is 6.83. The van der Waals surface area contributed by atoms with Crippen LogP contribution in [-0.4, -0.2) is 4.92 Å². The molecule has 0 atom stereocenters. The molecule has 0 unspecified atom stereocenters. The van der Waals surface area contributed by atoms with Gasteiger partial charge in [-0.25, -0.2) is 4.39 Å². The molecular weight excluding hydrogens is 273 g/mol. The minimum Gasteiger partial charge on any atom is -0.486 e. The number of nitrogens with zero attached hydrogens (tertiary/aromatic N) is 1. The van der Waals surface area contributed by atoms with Crippen molar-refractivity contribution in [2.75, 3.05) is 0 Å². The van der Waals surface area contributed by atoms with Crippen molar-refractivity contribution in [3.63, 3.8) is 0 Å². The van der Waals surface area contributed by atoms with Gasteiger partial charge in [0.2, 0.25) is 0 Å². The summed E-state index contributed by atoms with van der Waals surface area (Å²) in [6.07, 6.45) is 0.935. The van der Waals surface area contributed by atoms with Crippen LogP contribution in [0.25, 0.3) is 0 Å². The molecule has 0 saturated heterocycles. The average molecular weight is 289 g/mol. The van der Waals surface area contributed by atoms with E-state index >= 15 is 0 Å². The number of halogens is 1. The SMILES string of the molecule is CCCc1c([N+](=O)[O-])ccc(OCc2ccccc2)c1F. The van der Waals surface area contributed by atoms with Crippen molar-refractivity contribution in [2.45, 2.75) is 26.4 Å². The van der Waals surface area contributed by atoms with Gasteiger partial charge in [0.1, 0.15) is 6.61 Å². The Labute approximate surface area is 122 Å². The van der Waals surface area contributed by atoms with E-state index in [4.69, 9.17) is 4.74 Å². The number of hydrogen-bond acceptors (Lipinski definition) is 3. The maximum Gasteiger partial charge on any atom is 0.275 e. The summed E-state index contributed by atoms with van der Waals surface area (Å²) in [5.41, 5.74) is 0.821. The molecule has 21 heavy (non-hydrogen) atoms. The maximum absolute atomic E-state index is 14.4. The molecule has 0 fully saturated rings. The third kappa shape index (κ3) is 3.56. The minimum absolute atomic E-state index is 0.0490. The number of nitro groups is 1. The number of benzene rings is 2. The zero-order valence-corrected chi connectivity index (χ0v) is 11.7. The Morgan fingerprint density at radius 2 is 1.90 bits per heavy atom. The Hall–Kier alpha value is -2.43. The number of rotatable bonds is 6. The van der Waals surface area contributed by atoms with Crippen LogP contribution in [0.3, 0.4) is 0 Å². The molecule has 0 aromatic heterocycles. The van der Waals surface area contributed by atoms with Crippen LogP contribution in [0, 0.1) is 15.9 Å². The highest BCUT2D eigenvalue weighted by Gasteiger charge is 2.21. The summed E-state index contributed by atoms with van der Waals surface area (Å²) in [7, 11) is 0. The molecule has 0 radical (unpaired) electrons. The molecule has 0 aliphatic carbocycles. The van der Waals surface area contributed by atoms with E-state index in [1.54, 1.807) is 0 Å². The molecule has 0 aliphatic rings. The zero-order valence-electron chi connectivity index (χ0n) is 11.7. The van der Waals surface area contributed by atoms with Crippen molar-refractivity contribution < 1.29 is 14.1 Å². The highest BCUT2D eigenvalue weighted by molar-refractivity contribution is 5.47. The van der Waals surface area contributed by atoms with Crippen LogP contribution >= 0.6 is 0 Å². The lowest BCUT2D eigenvalue weighted by Crippen LogP contribution is -2.03. The van der Waals surface area contributed by atoms with E-state index < -0.39 is 10.7 Å². The van der Waals surface area contributed by atoms with Crippen LogP contribution in [0.1, 0.15) is 24.5 Å². The molecule has 2 aromatic rings. The van der Waals surface area contributed by atoms with E-state index in [1.165, 1.54) is 12.1 Å². The van der Waals surface area contributed by atoms with Crippen molar-refractivity contribution in [3.05, 3.63) is 69.5 Å². The summed E-state index contributed by atoms with van der Waals surface area (Å²) in [5.74, 6) is -0.588. The topological polar surface area (TPSA) is 52.4 Å². The minimum atomic E-state index is -0.637. The van der Waals surface area contributed by atoms with Gasteiger partial charge in [0.05, 0.1) is 10.5 Å². The van der Waals surface area contributed by atoms with Gasteiger partial charge in [0, 0.05) is 6.07 Å². The third-order valence-electron chi connectivity index (χ3n) is 3.12. The van der Waals surface area contributed by atoms with Gasteiger partial charge < -0.3 is 4.74 Å². The van der Waals surface area contributed by atoms with Gasteiger partial charge in [0.15, 0.2) is 11.6 Å². The monoisotopic (exact) mass is 289 g/mol. The molecule has 4 nitrogen and oxygen atoms in total. The van der Waals surface area contributed by atoms with Gasteiger partial charge in [-0.2, -0.15) is 0 Å². The van der Waals surface area contributed by atoms with Crippen molar-refractivity contribution in [1.29, 1.82) is 0 Å². The number of ether oxygens (including phenoxy) is 1.